The molecule has 0 saturated heterocycles. The first-order valence-corrected chi connectivity index (χ1v) is 18.0. The standard InChI is InChI=1S/C46H31N3S/c1-3-12-29(13-4-1)31-16-9-17-32(26-31)40-28-41(49-46(48-40)30-14-5-2-6-15-30)39-22-10-18-34(47-39)27-33-24-25-38-36-20-8-7-19-35(36)37-21-11-23-42-43(37)44(38)45(33)50-42/h1-14,16-26,28,30H,15,27H2. The minimum absolute atomic E-state index is 0.118. The molecule has 0 aliphatic heterocycles. The highest BCUT2D eigenvalue weighted by Crippen LogP contribution is 2.46. The number of nitrogens with zero attached hydrogens (tertiary/aromatic N) is 3. The zero-order chi connectivity index (χ0) is 33.0. The fraction of sp³-hybridized carbons (Fsp3) is 0.0652. The third-order valence-corrected chi connectivity index (χ3v) is 11.2. The van der Waals surface area contributed by atoms with E-state index in [4.69, 9.17) is 15.0 Å². The first-order valence-electron chi connectivity index (χ1n) is 17.2. The van der Waals surface area contributed by atoms with Gasteiger partial charge in [0.1, 0.15) is 5.82 Å². The van der Waals surface area contributed by atoms with Crippen molar-refractivity contribution < 1.29 is 0 Å². The van der Waals surface area contributed by atoms with Gasteiger partial charge in [0.05, 0.1) is 17.1 Å². The van der Waals surface area contributed by atoms with Gasteiger partial charge in [-0.05, 0) is 75.0 Å². The quantitative estimate of drug-likeness (QED) is 0.167. The molecule has 4 heteroatoms. The summed E-state index contributed by atoms with van der Waals surface area (Å²) in [4.78, 5) is 15.6. The van der Waals surface area contributed by atoms with Crippen molar-refractivity contribution >= 4 is 53.1 Å². The van der Waals surface area contributed by atoms with E-state index in [0.29, 0.717) is 0 Å². The molecule has 1 aliphatic carbocycles. The lowest BCUT2D eigenvalue weighted by molar-refractivity contribution is 0.774. The minimum atomic E-state index is 0.118. The smallest absolute Gasteiger partial charge is 0.136 e. The number of rotatable bonds is 6. The first-order chi connectivity index (χ1) is 24.8. The van der Waals surface area contributed by atoms with Gasteiger partial charge in [0.2, 0.25) is 0 Å². The maximum Gasteiger partial charge on any atom is 0.136 e. The van der Waals surface area contributed by atoms with E-state index in [0.717, 1.165) is 47.0 Å². The molecule has 6 aromatic carbocycles. The maximum atomic E-state index is 5.26. The number of hydrogen-bond donors (Lipinski definition) is 0. The van der Waals surface area contributed by atoms with Crippen molar-refractivity contribution in [1.82, 2.24) is 15.0 Å². The Labute approximate surface area is 294 Å². The Morgan fingerprint density at radius 1 is 0.540 bits per heavy atom. The van der Waals surface area contributed by atoms with E-state index in [9.17, 15) is 0 Å². The summed E-state index contributed by atoms with van der Waals surface area (Å²) >= 11 is 1.90. The van der Waals surface area contributed by atoms with Gasteiger partial charge in [-0.1, -0.05) is 127 Å². The molecular weight excluding hydrogens is 627 g/mol. The van der Waals surface area contributed by atoms with Crippen LogP contribution in [-0.4, -0.2) is 15.0 Å². The van der Waals surface area contributed by atoms with Gasteiger partial charge in [0.15, 0.2) is 0 Å². The van der Waals surface area contributed by atoms with Crippen LogP contribution in [0.4, 0.5) is 0 Å². The maximum absolute atomic E-state index is 5.26. The average Bonchev–Trinajstić information content (AvgIpc) is 3.60. The molecule has 0 spiro atoms. The van der Waals surface area contributed by atoms with E-state index < -0.39 is 0 Å². The Bertz CT molecular complexity index is 2770. The lowest BCUT2D eigenvalue weighted by Crippen LogP contribution is -2.06. The summed E-state index contributed by atoms with van der Waals surface area (Å²) in [5, 5.41) is 8.06. The number of allylic oxidation sites excluding steroid dienone is 4. The van der Waals surface area contributed by atoms with E-state index in [-0.39, 0.29) is 5.92 Å². The molecule has 0 bridgehead atoms. The van der Waals surface area contributed by atoms with Crippen LogP contribution in [-0.2, 0) is 6.42 Å². The van der Waals surface area contributed by atoms with Crippen molar-refractivity contribution in [3.05, 3.63) is 175 Å². The summed E-state index contributed by atoms with van der Waals surface area (Å²) in [6.07, 6.45) is 10.2. The van der Waals surface area contributed by atoms with Crippen molar-refractivity contribution in [3.63, 3.8) is 0 Å². The Kier molecular flexibility index (Phi) is 6.88. The van der Waals surface area contributed by atoms with Gasteiger partial charge < -0.3 is 0 Å². The summed E-state index contributed by atoms with van der Waals surface area (Å²) in [7, 11) is 0. The van der Waals surface area contributed by atoms with Crippen molar-refractivity contribution in [2.24, 2.45) is 0 Å². The highest BCUT2D eigenvalue weighted by Gasteiger charge is 2.20. The van der Waals surface area contributed by atoms with Gasteiger partial charge in [-0.15, -0.1) is 11.3 Å². The van der Waals surface area contributed by atoms with Crippen molar-refractivity contribution in [2.45, 2.75) is 18.8 Å². The summed E-state index contributed by atoms with van der Waals surface area (Å²) in [5.74, 6) is 0.941. The van der Waals surface area contributed by atoms with Crippen LogP contribution in [0.3, 0.4) is 0 Å². The fourth-order valence-corrected chi connectivity index (χ4v) is 8.87. The van der Waals surface area contributed by atoms with Gasteiger partial charge in [0, 0.05) is 43.8 Å². The monoisotopic (exact) mass is 657 g/mol. The van der Waals surface area contributed by atoms with E-state index in [1.165, 1.54) is 58.4 Å². The van der Waals surface area contributed by atoms with Gasteiger partial charge in [-0.3, -0.25) is 4.98 Å². The van der Waals surface area contributed by atoms with Gasteiger partial charge in [-0.25, -0.2) is 9.97 Å². The van der Waals surface area contributed by atoms with Crippen LogP contribution in [0.1, 0.15) is 29.4 Å². The number of benzene rings is 6. The lowest BCUT2D eigenvalue weighted by atomic mass is 9.92. The molecule has 3 aromatic heterocycles. The normalized spacial score (nSPS) is 14.4. The van der Waals surface area contributed by atoms with Gasteiger partial charge in [0.25, 0.3) is 0 Å². The molecule has 10 rings (SSSR count). The van der Waals surface area contributed by atoms with Crippen LogP contribution in [0, 0.1) is 0 Å². The molecule has 0 radical (unpaired) electrons. The summed E-state index contributed by atoms with van der Waals surface area (Å²) in [6, 6.07) is 47.8. The molecule has 1 unspecified atom stereocenters. The molecule has 1 atom stereocenters. The largest absolute Gasteiger partial charge is 0.251 e. The van der Waals surface area contributed by atoms with Crippen molar-refractivity contribution in [2.75, 3.05) is 0 Å². The number of hydrogen-bond acceptors (Lipinski definition) is 4. The topological polar surface area (TPSA) is 38.7 Å². The molecule has 0 saturated carbocycles. The third-order valence-electron chi connectivity index (χ3n) is 10.00. The van der Waals surface area contributed by atoms with E-state index in [1.807, 2.05) is 11.3 Å². The van der Waals surface area contributed by atoms with Crippen LogP contribution in [0.5, 0.6) is 0 Å². The molecule has 9 aromatic rings. The molecule has 0 N–H and O–H groups in total. The van der Waals surface area contributed by atoms with Crippen molar-refractivity contribution in [1.29, 1.82) is 0 Å². The summed E-state index contributed by atoms with van der Waals surface area (Å²) in [5.41, 5.74) is 8.37. The number of fused-ring (bicyclic) bond motifs is 3. The molecule has 50 heavy (non-hydrogen) atoms. The molecule has 0 fully saturated rings. The van der Waals surface area contributed by atoms with Crippen LogP contribution < -0.4 is 0 Å². The predicted octanol–water partition coefficient (Wildman–Crippen LogP) is 12.2. The van der Waals surface area contributed by atoms with Crippen LogP contribution in [0.2, 0.25) is 0 Å². The highest BCUT2D eigenvalue weighted by molar-refractivity contribution is 7.26. The predicted molar refractivity (Wildman–Crippen MR) is 210 cm³/mol. The Balaban J connectivity index is 1.07. The second-order valence-corrected chi connectivity index (χ2v) is 14.1. The van der Waals surface area contributed by atoms with Crippen LogP contribution >= 0.6 is 11.3 Å². The Morgan fingerprint density at radius 3 is 2.14 bits per heavy atom. The molecule has 236 valence electrons. The average molecular weight is 658 g/mol. The summed E-state index contributed by atoms with van der Waals surface area (Å²) in [6.45, 7) is 0. The Morgan fingerprint density at radius 2 is 1.28 bits per heavy atom. The third kappa shape index (κ3) is 4.91. The van der Waals surface area contributed by atoms with Crippen molar-refractivity contribution in [3.8, 4) is 33.8 Å². The molecule has 3 heterocycles. The number of aromatic nitrogens is 3. The highest BCUT2D eigenvalue weighted by atomic mass is 32.1. The van der Waals surface area contributed by atoms with Crippen LogP contribution in [0.25, 0.3) is 75.5 Å². The molecule has 0 amide bonds. The SMILES string of the molecule is C1=CCC(c2nc(-c3cccc(-c4ccccc4)c3)cc(-c3cccc(Cc4ccc5c6ccccc6c6cccc7sc4c5c76)n3)n2)C=C1. The summed E-state index contributed by atoms with van der Waals surface area (Å²) < 4.78 is 2.69. The van der Waals surface area contributed by atoms with Gasteiger partial charge in [-0.2, -0.15) is 0 Å². The fourth-order valence-electron chi connectivity index (χ4n) is 7.60. The zero-order valence-electron chi connectivity index (χ0n) is 27.3. The molecular formula is C46H31N3S. The van der Waals surface area contributed by atoms with E-state index in [1.54, 1.807) is 0 Å². The molecule has 1 aliphatic rings. The van der Waals surface area contributed by atoms with Crippen LogP contribution in [0.15, 0.2) is 158 Å². The number of thiophene rings is 1. The minimum Gasteiger partial charge on any atom is -0.251 e. The molecule has 3 nitrogen and oxygen atoms in total. The van der Waals surface area contributed by atoms with E-state index >= 15 is 0 Å². The first kappa shape index (κ1) is 29.0. The second-order valence-electron chi connectivity index (χ2n) is 13.1. The van der Waals surface area contributed by atoms with E-state index in [2.05, 4.69) is 158 Å². The number of pyridine rings is 1. The lowest BCUT2D eigenvalue weighted by Gasteiger charge is -2.15. The second kappa shape index (κ2) is 11.9. The van der Waals surface area contributed by atoms with Gasteiger partial charge >= 0.3 is 0 Å². The zero-order valence-corrected chi connectivity index (χ0v) is 28.1. The Hall–Kier alpha value is -5.97.